The van der Waals surface area contributed by atoms with E-state index >= 15 is 0 Å². The first-order valence-corrected chi connectivity index (χ1v) is 8.98. The van der Waals surface area contributed by atoms with E-state index in [-0.39, 0.29) is 11.9 Å². The highest BCUT2D eigenvalue weighted by atomic mass is 16.3. The van der Waals surface area contributed by atoms with E-state index < -0.39 is 6.10 Å². The predicted octanol–water partition coefficient (Wildman–Crippen LogP) is 3.28. The van der Waals surface area contributed by atoms with Gasteiger partial charge in [-0.25, -0.2) is 4.79 Å². The van der Waals surface area contributed by atoms with E-state index in [1.165, 1.54) is 18.5 Å². The molecule has 2 amide bonds. The molecule has 1 aliphatic heterocycles. The summed E-state index contributed by atoms with van der Waals surface area (Å²) in [6.07, 6.45) is 2.62. The largest absolute Gasteiger partial charge is 0.393 e. The molecule has 0 aliphatic carbocycles. The summed E-state index contributed by atoms with van der Waals surface area (Å²) in [6.45, 7) is 8.85. The van der Waals surface area contributed by atoms with E-state index in [1.807, 2.05) is 38.1 Å². The van der Waals surface area contributed by atoms with Crippen LogP contribution in [0.3, 0.4) is 0 Å². The molecule has 1 aliphatic rings. The number of hydrogen-bond acceptors (Lipinski definition) is 3. The van der Waals surface area contributed by atoms with Crippen molar-refractivity contribution in [1.82, 2.24) is 10.6 Å². The van der Waals surface area contributed by atoms with Crippen molar-refractivity contribution in [2.75, 3.05) is 24.5 Å². The van der Waals surface area contributed by atoms with Crippen LogP contribution < -0.4 is 15.5 Å². The number of rotatable bonds is 6. The van der Waals surface area contributed by atoms with Gasteiger partial charge >= 0.3 is 6.03 Å². The number of nitrogens with zero attached hydrogens (tertiary/aromatic N) is 2. The molecule has 5 heteroatoms. The van der Waals surface area contributed by atoms with Crippen LogP contribution in [0.5, 0.6) is 0 Å². The summed E-state index contributed by atoms with van der Waals surface area (Å²) in [4.78, 5) is 14.2. The summed E-state index contributed by atoms with van der Waals surface area (Å²) in [5.74, 6) is 1.01. The van der Waals surface area contributed by atoms with Crippen LogP contribution in [-0.2, 0) is 0 Å². The number of anilines is 1. The minimum atomic E-state index is -0.392. The number of benzene rings is 1. The number of nitrogens with one attached hydrogen (secondary N) is 1. The fourth-order valence-electron chi connectivity index (χ4n) is 2.82. The zero-order chi connectivity index (χ0) is 17.5. The van der Waals surface area contributed by atoms with Crippen molar-refractivity contribution in [3.8, 4) is 0 Å². The fourth-order valence-corrected chi connectivity index (χ4v) is 2.82. The van der Waals surface area contributed by atoms with Crippen molar-refractivity contribution >= 4 is 17.4 Å². The zero-order valence-corrected chi connectivity index (χ0v) is 15.0. The van der Waals surface area contributed by atoms with E-state index in [9.17, 15) is 9.90 Å². The third-order valence-electron chi connectivity index (χ3n) is 4.72. The normalized spacial score (nSPS) is 17.0. The second-order valence-electron chi connectivity index (χ2n) is 7.13. The molecule has 1 fully saturated rings. The molecule has 0 saturated carbocycles. The maximum Gasteiger partial charge on any atom is 0.341 e. The number of aliphatic hydroxyl groups excluding tert-OH is 1. The topological polar surface area (TPSA) is 66.7 Å². The average Bonchev–Trinajstić information content (AvgIpc) is 2.56. The molecular formula is C19H30N3O2. The molecule has 24 heavy (non-hydrogen) atoms. The number of aliphatic hydroxyl groups is 1. The van der Waals surface area contributed by atoms with Gasteiger partial charge < -0.3 is 15.3 Å². The van der Waals surface area contributed by atoms with Crippen LogP contribution in [-0.4, -0.2) is 36.9 Å². The second kappa shape index (κ2) is 8.92. The summed E-state index contributed by atoms with van der Waals surface area (Å²) >= 11 is 0. The molecule has 1 unspecified atom stereocenters. The quantitative estimate of drug-likeness (QED) is 0.840. The van der Waals surface area contributed by atoms with Gasteiger partial charge in [0.1, 0.15) is 0 Å². The number of carbonyl (C=O) groups excluding carboxylic acids is 1. The number of piperidine rings is 1. The molecule has 0 bridgehead atoms. The molecule has 1 atom stereocenters. The fraction of sp³-hybridized carbons (Fsp3) is 0.632. The summed E-state index contributed by atoms with van der Waals surface area (Å²) in [7, 11) is 0. The lowest BCUT2D eigenvalue weighted by Gasteiger charge is -2.32. The zero-order valence-electron chi connectivity index (χ0n) is 15.0. The first-order valence-electron chi connectivity index (χ1n) is 8.98. The molecule has 0 spiro atoms. The molecule has 133 valence electrons. The Morgan fingerprint density at radius 2 is 1.92 bits per heavy atom. The Balaban J connectivity index is 1.76. The van der Waals surface area contributed by atoms with Crippen molar-refractivity contribution < 1.29 is 9.90 Å². The minimum Gasteiger partial charge on any atom is -0.393 e. The average molecular weight is 332 g/mol. The van der Waals surface area contributed by atoms with Crippen LogP contribution >= 0.6 is 0 Å². The van der Waals surface area contributed by atoms with Gasteiger partial charge in [-0.2, -0.15) is 5.32 Å². The van der Waals surface area contributed by atoms with Crippen LogP contribution in [0, 0.1) is 11.8 Å². The molecule has 1 heterocycles. The molecule has 0 aromatic heterocycles. The summed E-state index contributed by atoms with van der Waals surface area (Å²) in [6, 6.07) is 7.48. The maximum absolute atomic E-state index is 11.8. The van der Waals surface area contributed by atoms with Crippen molar-refractivity contribution in [2.24, 2.45) is 11.8 Å². The number of hydrogen-bond donors (Lipinski definition) is 2. The third kappa shape index (κ3) is 5.71. The highest BCUT2D eigenvalue weighted by Crippen LogP contribution is 2.24. The van der Waals surface area contributed by atoms with Gasteiger partial charge in [-0.1, -0.05) is 20.8 Å². The van der Waals surface area contributed by atoms with E-state index in [1.54, 1.807) is 0 Å². The Hall–Kier alpha value is -1.75. The first-order chi connectivity index (χ1) is 11.5. The van der Waals surface area contributed by atoms with E-state index in [0.29, 0.717) is 18.7 Å². The van der Waals surface area contributed by atoms with Gasteiger partial charge in [0, 0.05) is 25.3 Å². The van der Waals surface area contributed by atoms with Crippen molar-refractivity contribution in [3.63, 3.8) is 0 Å². The number of carbonyl (C=O) groups is 1. The molecule has 1 radical (unpaired) electrons. The van der Waals surface area contributed by atoms with Crippen LogP contribution in [0.4, 0.5) is 16.2 Å². The van der Waals surface area contributed by atoms with Gasteiger partial charge in [-0.15, -0.1) is 0 Å². The standard InChI is InChI=1S/C19H30N3O2/c1-14(2)18(23)8-11-20-19(24)21-16-4-6-17(7-5-16)22-12-9-15(3)10-13-22/h4-7,14-15,18,23H,8-13H2,1-3H3,(H,20,24). The molecule has 2 rings (SSSR count). The monoisotopic (exact) mass is 332 g/mol. The number of amides is 2. The van der Waals surface area contributed by atoms with Crippen molar-refractivity contribution in [1.29, 1.82) is 0 Å². The smallest absolute Gasteiger partial charge is 0.341 e. The van der Waals surface area contributed by atoms with Crippen molar-refractivity contribution in [3.05, 3.63) is 24.3 Å². The first kappa shape index (κ1) is 18.6. The Labute approximate surface area is 145 Å². The molecule has 5 nitrogen and oxygen atoms in total. The van der Waals surface area contributed by atoms with E-state index in [2.05, 4.69) is 22.5 Å². The maximum atomic E-state index is 11.8. The van der Waals surface area contributed by atoms with Crippen LogP contribution in [0.2, 0.25) is 0 Å². The lowest BCUT2D eigenvalue weighted by Crippen LogP contribution is -2.33. The van der Waals surface area contributed by atoms with Gasteiger partial charge in [-0.05, 0) is 55.4 Å². The molecule has 1 aromatic carbocycles. The Morgan fingerprint density at radius 3 is 2.50 bits per heavy atom. The third-order valence-corrected chi connectivity index (χ3v) is 4.72. The summed E-state index contributed by atoms with van der Waals surface area (Å²) < 4.78 is 0. The Bertz CT molecular complexity index is 508. The van der Waals surface area contributed by atoms with Crippen LogP contribution in [0.25, 0.3) is 0 Å². The van der Waals surface area contributed by atoms with Crippen molar-refractivity contribution in [2.45, 2.75) is 46.1 Å². The Morgan fingerprint density at radius 1 is 1.29 bits per heavy atom. The SMILES string of the molecule is CC1CCN(c2ccc([N]C(=O)NCCC(O)C(C)C)cc2)CC1. The summed E-state index contributed by atoms with van der Waals surface area (Å²) in [5, 5.41) is 16.5. The number of urea groups is 1. The lowest BCUT2D eigenvalue weighted by molar-refractivity contribution is 0.116. The molecule has 1 aromatic rings. The Kier molecular flexibility index (Phi) is 6.91. The summed E-state index contributed by atoms with van der Waals surface area (Å²) in [5.41, 5.74) is 1.85. The van der Waals surface area contributed by atoms with E-state index in [4.69, 9.17) is 0 Å². The van der Waals surface area contributed by atoms with Crippen LogP contribution in [0.15, 0.2) is 24.3 Å². The van der Waals surface area contributed by atoms with Gasteiger partial charge in [0.25, 0.3) is 0 Å². The highest BCUT2D eigenvalue weighted by Gasteiger charge is 2.16. The van der Waals surface area contributed by atoms with Gasteiger partial charge in [0.15, 0.2) is 0 Å². The van der Waals surface area contributed by atoms with Gasteiger partial charge in [0.05, 0.1) is 11.8 Å². The lowest BCUT2D eigenvalue weighted by atomic mass is 9.99. The van der Waals surface area contributed by atoms with E-state index in [0.717, 1.165) is 19.0 Å². The molecule has 1 saturated heterocycles. The second-order valence-corrected chi connectivity index (χ2v) is 7.13. The highest BCUT2D eigenvalue weighted by molar-refractivity contribution is 5.79. The molecular weight excluding hydrogens is 302 g/mol. The minimum absolute atomic E-state index is 0.198. The van der Waals surface area contributed by atoms with Crippen LogP contribution in [0.1, 0.15) is 40.0 Å². The van der Waals surface area contributed by atoms with Gasteiger partial charge in [0.2, 0.25) is 0 Å². The molecule has 2 N–H and O–H groups in total. The van der Waals surface area contributed by atoms with Gasteiger partial charge in [-0.3, -0.25) is 0 Å². The predicted molar refractivity (Wildman–Crippen MR) is 97.7 cm³/mol.